The van der Waals surface area contributed by atoms with Crippen LogP contribution in [0.4, 0.5) is 4.39 Å². The second-order valence-electron chi connectivity index (χ2n) is 6.05. The molecule has 0 spiro atoms. The molecule has 0 aliphatic heterocycles. The first-order valence-corrected chi connectivity index (χ1v) is 7.53. The first kappa shape index (κ1) is 14.6. The highest BCUT2D eigenvalue weighted by Gasteiger charge is 2.28. The fraction of sp³-hybridized carbons (Fsp3) is 0.263. The summed E-state index contributed by atoms with van der Waals surface area (Å²) in [5.41, 5.74) is 13.4. The number of aryl methyl sites for hydroxylation is 2. The molecule has 3 N–H and O–H groups in total. The Morgan fingerprint density at radius 3 is 2.50 bits per heavy atom. The molecule has 2 aliphatic carbocycles. The maximum atomic E-state index is 13.9. The van der Waals surface area contributed by atoms with Gasteiger partial charge in [0.2, 0.25) is 0 Å². The number of allylic oxidation sites excluding steroid dienone is 6. The van der Waals surface area contributed by atoms with Crippen molar-refractivity contribution in [1.82, 2.24) is 5.32 Å². The minimum Gasteiger partial charge on any atom is -0.399 e. The van der Waals surface area contributed by atoms with Crippen LogP contribution in [-0.2, 0) is 6.54 Å². The van der Waals surface area contributed by atoms with E-state index >= 15 is 0 Å². The van der Waals surface area contributed by atoms with E-state index in [1.165, 1.54) is 16.7 Å². The van der Waals surface area contributed by atoms with E-state index in [0.717, 1.165) is 22.5 Å². The summed E-state index contributed by atoms with van der Waals surface area (Å²) in [5, 5.41) is 3.39. The van der Waals surface area contributed by atoms with Crippen LogP contribution in [0.25, 0.3) is 0 Å². The largest absolute Gasteiger partial charge is 0.399 e. The van der Waals surface area contributed by atoms with E-state index in [0.29, 0.717) is 6.54 Å². The van der Waals surface area contributed by atoms with Crippen molar-refractivity contribution in [1.29, 1.82) is 0 Å². The van der Waals surface area contributed by atoms with E-state index in [4.69, 9.17) is 5.73 Å². The Kier molecular flexibility index (Phi) is 3.65. The summed E-state index contributed by atoms with van der Waals surface area (Å²) >= 11 is 0. The number of halogens is 1. The third-order valence-electron chi connectivity index (χ3n) is 4.59. The van der Waals surface area contributed by atoms with Gasteiger partial charge in [-0.15, -0.1) is 0 Å². The van der Waals surface area contributed by atoms with Gasteiger partial charge >= 0.3 is 0 Å². The quantitative estimate of drug-likeness (QED) is 0.887. The first-order chi connectivity index (χ1) is 10.5. The number of hydrogen-bond donors (Lipinski definition) is 2. The standard InChI is InChI=1S/C19H21FN2/c1-11-5-4-6-12(2)17(11)10-22-19-8-14(20)7-15-13(3)18(21)9-16(15)19/h4-9,15,22H,10,21H2,1-3H3. The van der Waals surface area contributed by atoms with Gasteiger partial charge in [0.05, 0.1) is 0 Å². The maximum absolute atomic E-state index is 13.9. The SMILES string of the molecule is CC1=C(N)C=C2C(NCc3c(C)cccc3C)=CC(F)=CC21. The normalized spacial score (nSPS) is 20.4. The van der Waals surface area contributed by atoms with Gasteiger partial charge in [-0.3, -0.25) is 0 Å². The maximum Gasteiger partial charge on any atom is 0.122 e. The highest BCUT2D eigenvalue weighted by Crippen LogP contribution is 2.38. The molecule has 1 atom stereocenters. The van der Waals surface area contributed by atoms with Gasteiger partial charge in [-0.25, -0.2) is 4.39 Å². The van der Waals surface area contributed by atoms with Crippen LogP contribution in [0.15, 0.2) is 64.8 Å². The molecule has 0 heterocycles. The first-order valence-electron chi connectivity index (χ1n) is 7.53. The van der Waals surface area contributed by atoms with E-state index < -0.39 is 0 Å². The fourth-order valence-electron chi connectivity index (χ4n) is 3.14. The zero-order chi connectivity index (χ0) is 15.9. The summed E-state index contributed by atoms with van der Waals surface area (Å²) in [6, 6.07) is 6.25. The molecule has 22 heavy (non-hydrogen) atoms. The van der Waals surface area contributed by atoms with Gasteiger partial charge in [0.1, 0.15) is 5.83 Å². The highest BCUT2D eigenvalue weighted by atomic mass is 19.1. The topological polar surface area (TPSA) is 38.0 Å². The lowest BCUT2D eigenvalue weighted by atomic mass is 9.90. The molecule has 0 saturated carbocycles. The van der Waals surface area contributed by atoms with Crippen LogP contribution in [0, 0.1) is 19.8 Å². The van der Waals surface area contributed by atoms with Crippen LogP contribution in [-0.4, -0.2) is 0 Å². The lowest BCUT2D eigenvalue weighted by Gasteiger charge is -2.22. The molecular weight excluding hydrogens is 275 g/mol. The smallest absolute Gasteiger partial charge is 0.122 e. The molecule has 0 saturated heterocycles. The van der Waals surface area contributed by atoms with Crippen molar-refractivity contribution in [2.24, 2.45) is 11.7 Å². The molecule has 2 aliphatic rings. The Morgan fingerprint density at radius 1 is 1.14 bits per heavy atom. The van der Waals surface area contributed by atoms with Gasteiger partial charge in [-0.1, -0.05) is 18.2 Å². The second-order valence-corrected chi connectivity index (χ2v) is 6.05. The van der Waals surface area contributed by atoms with E-state index in [2.05, 4.69) is 37.4 Å². The molecule has 3 rings (SSSR count). The molecule has 0 bridgehead atoms. The minimum atomic E-state index is -0.208. The Bertz CT molecular complexity index is 730. The molecule has 0 aromatic heterocycles. The summed E-state index contributed by atoms with van der Waals surface area (Å²) in [5.74, 6) is -0.245. The molecule has 1 aromatic carbocycles. The average Bonchev–Trinajstić information content (AvgIpc) is 2.74. The molecule has 0 amide bonds. The Balaban J connectivity index is 1.84. The molecular formula is C19H21FN2. The van der Waals surface area contributed by atoms with Crippen molar-refractivity contribution in [2.45, 2.75) is 27.3 Å². The number of benzene rings is 1. The fourth-order valence-corrected chi connectivity index (χ4v) is 3.14. The van der Waals surface area contributed by atoms with Crippen molar-refractivity contribution >= 4 is 0 Å². The summed E-state index contributed by atoms with van der Waals surface area (Å²) in [4.78, 5) is 0. The van der Waals surface area contributed by atoms with Crippen LogP contribution in [0.2, 0.25) is 0 Å². The average molecular weight is 296 g/mol. The molecule has 3 heteroatoms. The Hall–Kier alpha value is -2.29. The molecule has 1 aromatic rings. The van der Waals surface area contributed by atoms with Crippen molar-refractivity contribution in [3.63, 3.8) is 0 Å². The number of hydrogen-bond acceptors (Lipinski definition) is 2. The summed E-state index contributed by atoms with van der Waals surface area (Å²) < 4.78 is 13.9. The minimum absolute atomic E-state index is 0.0366. The van der Waals surface area contributed by atoms with Crippen LogP contribution < -0.4 is 11.1 Å². The van der Waals surface area contributed by atoms with Crippen molar-refractivity contribution in [3.05, 3.63) is 81.5 Å². The molecule has 0 fully saturated rings. The van der Waals surface area contributed by atoms with Gasteiger partial charge in [-0.2, -0.15) is 0 Å². The van der Waals surface area contributed by atoms with E-state index in [-0.39, 0.29) is 11.7 Å². The van der Waals surface area contributed by atoms with E-state index in [1.807, 2.05) is 13.0 Å². The number of rotatable bonds is 3. The lowest BCUT2D eigenvalue weighted by Crippen LogP contribution is -2.20. The second kappa shape index (κ2) is 5.48. The predicted octanol–water partition coefficient (Wildman–Crippen LogP) is 3.93. The van der Waals surface area contributed by atoms with Crippen LogP contribution in [0.1, 0.15) is 23.6 Å². The third-order valence-corrected chi connectivity index (χ3v) is 4.59. The van der Waals surface area contributed by atoms with Gasteiger partial charge < -0.3 is 11.1 Å². The number of nitrogens with one attached hydrogen (secondary N) is 1. The van der Waals surface area contributed by atoms with Gasteiger partial charge in [0.15, 0.2) is 0 Å². The molecule has 114 valence electrons. The number of fused-ring (bicyclic) bond motifs is 1. The third kappa shape index (κ3) is 2.47. The summed E-state index contributed by atoms with van der Waals surface area (Å²) in [6.45, 7) is 6.84. The van der Waals surface area contributed by atoms with Crippen LogP contribution >= 0.6 is 0 Å². The molecule has 2 nitrogen and oxygen atoms in total. The van der Waals surface area contributed by atoms with E-state index in [9.17, 15) is 4.39 Å². The van der Waals surface area contributed by atoms with Crippen molar-refractivity contribution in [3.8, 4) is 0 Å². The van der Waals surface area contributed by atoms with Crippen LogP contribution in [0.5, 0.6) is 0 Å². The lowest BCUT2D eigenvalue weighted by molar-refractivity contribution is 0.633. The van der Waals surface area contributed by atoms with Crippen molar-refractivity contribution < 1.29 is 4.39 Å². The zero-order valence-corrected chi connectivity index (χ0v) is 13.2. The Labute approximate surface area is 130 Å². The molecule has 1 unspecified atom stereocenters. The van der Waals surface area contributed by atoms with Crippen molar-refractivity contribution in [2.75, 3.05) is 0 Å². The summed E-state index contributed by atoms with van der Waals surface area (Å²) in [6.07, 6.45) is 5.14. The highest BCUT2D eigenvalue weighted by molar-refractivity contribution is 5.55. The predicted molar refractivity (Wildman–Crippen MR) is 88.5 cm³/mol. The zero-order valence-electron chi connectivity index (χ0n) is 13.2. The number of nitrogens with two attached hydrogens (primary N) is 1. The van der Waals surface area contributed by atoms with Gasteiger partial charge in [0.25, 0.3) is 0 Å². The Morgan fingerprint density at radius 2 is 1.82 bits per heavy atom. The molecule has 0 radical (unpaired) electrons. The van der Waals surface area contributed by atoms with E-state index in [1.54, 1.807) is 12.2 Å². The summed E-state index contributed by atoms with van der Waals surface area (Å²) in [7, 11) is 0. The monoisotopic (exact) mass is 296 g/mol. The van der Waals surface area contributed by atoms with Crippen LogP contribution in [0.3, 0.4) is 0 Å². The van der Waals surface area contributed by atoms with Gasteiger partial charge in [-0.05, 0) is 66.8 Å². The van der Waals surface area contributed by atoms with Gasteiger partial charge in [0, 0.05) is 23.9 Å².